The molecule has 0 saturated heterocycles. The summed E-state index contributed by atoms with van der Waals surface area (Å²) < 4.78 is 0. The summed E-state index contributed by atoms with van der Waals surface area (Å²) in [6, 6.07) is 14.4. The molecule has 1 nitrogen and oxygen atoms in total. The topological polar surface area (TPSA) is 17.1 Å². The lowest BCUT2D eigenvalue weighted by atomic mass is 10.0. The van der Waals surface area contributed by atoms with E-state index in [0.717, 1.165) is 11.3 Å². The molecule has 0 aliphatic heterocycles. The van der Waals surface area contributed by atoms with Crippen LogP contribution in [0, 0.1) is 5.92 Å². The number of fused-ring (bicyclic) bond motifs is 1. The molecular weight excluding hydrogens is 288 g/mol. The third-order valence-electron chi connectivity index (χ3n) is 3.09. The highest BCUT2D eigenvalue weighted by atomic mass is 35.5. The van der Waals surface area contributed by atoms with Crippen molar-refractivity contribution in [2.45, 2.75) is 6.92 Å². The molecule has 0 radical (unpaired) electrons. The second kappa shape index (κ2) is 7.51. The van der Waals surface area contributed by atoms with Crippen LogP contribution in [0.15, 0.2) is 48.5 Å². The number of allylic oxidation sites excluding steroid dienone is 1. The van der Waals surface area contributed by atoms with Crippen LogP contribution in [0.25, 0.3) is 16.8 Å². The molecule has 3 heteroatoms. The summed E-state index contributed by atoms with van der Waals surface area (Å²) in [5.74, 6) is 0.891. The van der Waals surface area contributed by atoms with Crippen LogP contribution >= 0.6 is 23.4 Å². The first-order valence-corrected chi connectivity index (χ1v) is 8.17. The molecule has 0 spiro atoms. The van der Waals surface area contributed by atoms with Crippen LogP contribution in [0.2, 0.25) is 0 Å². The first-order valence-electron chi connectivity index (χ1n) is 6.64. The van der Waals surface area contributed by atoms with Gasteiger partial charge in [0.2, 0.25) is 0 Å². The van der Waals surface area contributed by atoms with E-state index in [1.165, 1.54) is 22.5 Å². The molecule has 0 aromatic heterocycles. The molecule has 0 aliphatic carbocycles. The highest BCUT2D eigenvalue weighted by Gasteiger charge is 2.13. The van der Waals surface area contributed by atoms with Gasteiger partial charge in [-0.3, -0.25) is 4.79 Å². The third kappa shape index (κ3) is 3.65. The molecule has 0 unspecified atom stereocenters. The standard InChI is InChI=1S/C17H17ClOS/c1-2-20-17(19)15(12-18)11-10-14-8-5-7-13-6-3-4-9-16(13)14/h3-11,15H,2,12H2,1H3/t15-/m1/s1. The molecule has 0 N–H and O–H groups in total. The van der Waals surface area contributed by atoms with Gasteiger partial charge >= 0.3 is 0 Å². The average molecular weight is 305 g/mol. The Labute approximate surface area is 129 Å². The van der Waals surface area contributed by atoms with E-state index in [1.807, 2.05) is 37.3 Å². The third-order valence-corrected chi connectivity index (χ3v) is 4.30. The lowest BCUT2D eigenvalue weighted by molar-refractivity contribution is -0.112. The number of hydrogen-bond donors (Lipinski definition) is 0. The molecule has 2 aromatic rings. The number of carbonyl (C=O) groups excluding carboxylic acids is 1. The van der Waals surface area contributed by atoms with E-state index in [9.17, 15) is 4.79 Å². The van der Waals surface area contributed by atoms with E-state index in [4.69, 9.17) is 11.6 Å². The zero-order valence-electron chi connectivity index (χ0n) is 11.4. The van der Waals surface area contributed by atoms with Gasteiger partial charge in [0.1, 0.15) is 0 Å². The number of thioether (sulfide) groups is 1. The Bertz CT molecular complexity index is 616. The molecule has 2 rings (SSSR count). The van der Waals surface area contributed by atoms with Gasteiger partial charge in [-0.15, -0.1) is 11.6 Å². The fourth-order valence-corrected chi connectivity index (χ4v) is 3.05. The van der Waals surface area contributed by atoms with Gasteiger partial charge in [0.15, 0.2) is 5.12 Å². The molecule has 0 fully saturated rings. The summed E-state index contributed by atoms with van der Waals surface area (Å²) >= 11 is 7.23. The van der Waals surface area contributed by atoms with Gasteiger partial charge in [-0.1, -0.05) is 73.3 Å². The fraction of sp³-hybridized carbons (Fsp3) is 0.235. The van der Waals surface area contributed by atoms with E-state index in [1.54, 1.807) is 0 Å². The van der Waals surface area contributed by atoms with Gasteiger partial charge in [-0.25, -0.2) is 0 Å². The van der Waals surface area contributed by atoms with E-state index in [-0.39, 0.29) is 11.0 Å². The van der Waals surface area contributed by atoms with Crippen LogP contribution in [0.5, 0.6) is 0 Å². The van der Waals surface area contributed by atoms with Crippen molar-refractivity contribution in [3.05, 3.63) is 54.1 Å². The second-order valence-electron chi connectivity index (χ2n) is 4.44. The first-order chi connectivity index (χ1) is 9.76. The Morgan fingerprint density at radius 1 is 1.25 bits per heavy atom. The number of benzene rings is 2. The Kier molecular flexibility index (Phi) is 5.69. The quantitative estimate of drug-likeness (QED) is 0.724. The Morgan fingerprint density at radius 2 is 2.00 bits per heavy atom. The normalized spacial score (nSPS) is 12.9. The molecule has 0 bridgehead atoms. The number of rotatable bonds is 5. The van der Waals surface area contributed by atoms with Crippen molar-refractivity contribution in [3.63, 3.8) is 0 Å². The number of hydrogen-bond acceptors (Lipinski definition) is 2. The van der Waals surface area contributed by atoms with Crippen LogP contribution < -0.4 is 0 Å². The van der Waals surface area contributed by atoms with Crippen LogP contribution in [-0.2, 0) is 4.79 Å². The SMILES string of the molecule is CCSC(=O)[C@H](C=Cc1cccc2ccccc12)CCl. The molecule has 2 aromatic carbocycles. The maximum Gasteiger partial charge on any atom is 0.196 e. The Morgan fingerprint density at radius 3 is 2.75 bits per heavy atom. The van der Waals surface area contributed by atoms with Gasteiger partial charge in [0.05, 0.1) is 5.92 Å². The Hall–Kier alpha value is -1.25. The van der Waals surface area contributed by atoms with E-state index in [0.29, 0.717) is 5.88 Å². The minimum Gasteiger partial charge on any atom is -0.287 e. The van der Waals surface area contributed by atoms with Crippen LogP contribution in [-0.4, -0.2) is 16.7 Å². The van der Waals surface area contributed by atoms with Crippen molar-refractivity contribution in [1.82, 2.24) is 0 Å². The van der Waals surface area contributed by atoms with Gasteiger partial charge in [-0.2, -0.15) is 0 Å². The van der Waals surface area contributed by atoms with Crippen LogP contribution in [0.4, 0.5) is 0 Å². The molecule has 104 valence electrons. The Balaban J connectivity index is 2.26. The zero-order chi connectivity index (χ0) is 14.4. The number of halogens is 1. The largest absolute Gasteiger partial charge is 0.287 e. The minimum absolute atomic E-state index is 0.138. The van der Waals surface area contributed by atoms with Gasteiger partial charge in [0, 0.05) is 5.88 Å². The van der Waals surface area contributed by atoms with E-state index in [2.05, 4.69) is 24.3 Å². The lowest BCUT2D eigenvalue weighted by Crippen LogP contribution is -2.09. The number of alkyl halides is 1. The maximum absolute atomic E-state index is 11.9. The zero-order valence-corrected chi connectivity index (χ0v) is 13.0. The van der Waals surface area contributed by atoms with Crippen molar-refractivity contribution >= 4 is 45.3 Å². The average Bonchev–Trinajstić information content (AvgIpc) is 2.48. The molecule has 0 aliphatic rings. The van der Waals surface area contributed by atoms with Gasteiger partial charge < -0.3 is 0 Å². The predicted molar refractivity (Wildman–Crippen MR) is 90.3 cm³/mol. The molecule has 1 atom stereocenters. The minimum atomic E-state index is -0.222. The lowest BCUT2D eigenvalue weighted by Gasteiger charge is -2.07. The summed E-state index contributed by atoms with van der Waals surface area (Å²) in [7, 11) is 0. The summed E-state index contributed by atoms with van der Waals surface area (Å²) in [5.41, 5.74) is 1.12. The first kappa shape index (κ1) is 15.1. The smallest absolute Gasteiger partial charge is 0.196 e. The second-order valence-corrected chi connectivity index (χ2v) is 6.02. The highest BCUT2D eigenvalue weighted by molar-refractivity contribution is 8.13. The van der Waals surface area contributed by atoms with E-state index >= 15 is 0 Å². The number of carbonyl (C=O) groups is 1. The van der Waals surface area contributed by atoms with Crippen molar-refractivity contribution < 1.29 is 4.79 Å². The summed E-state index contributed by atoms with van der Waals surface area (Å²) in [6.45, 7) is 1.97. The molecular formula is C17H17ClOS. The molecule has 20 heavy (non-hydrogen) atoms. The van der Waals surface area contributed by atoms with Crippen molar-refractivity contribution in [2.24, 2.45) is 5.92 Å². The predicted octanol–water partition coefficient (Wildman–Crippen LogP) is 4.99. The van der Waals surface area contributed by atoms with Crippen molar-refractivity contribution in [3.8, 4) is 0 Å². The summed E-state index contributed by atoms with van der Waals surface area (Å²) in [5, 5.41) is 2.53. The van der Waals surface area contributed by atoms with Crippen LogP contribution in [0.1, 0.15) is 12.5 Å². The van der Waals surface area contributed by atoms with Crippen molar-refractivity contribution in [2.75, 3.05) is 11.6 Å². The van der Waals surface area contributed by atoms with Gasteiger partial charge in [-0.05, 0) is 22.1 Å². The van der Waals surface area contributed by atoms with Crippen molar-refractivity contribution in [1.29, 1.82) is 0 Å². The summed E-state index contributed by atoms with van der Waals surface area (Å²) in [4.78, 5) is 11.9. The maximum atomic E-state index is 11.9. The molecule has 0 amide bonds. The molecule has 0 heterocycles. The van der Waals surface area contributed by atoms with Crippen LogP contribution in [0.3, 0.4) is 0 Å². The monoisotopic (exact) mass is 304 g/mol. The van der Waals surface area contributed by atoms with E-state index < -0.39 is 0 Å². The fourth-order valence-electron chi connectivity index (χ4n) is 2.06. The molecule has 0 saturated carbocycles. The van der Waals surface area contributed by atoms with Gasteiger partial charge in [0.25, 0.3) is 0 Å². The summed E-state index contributed by atoms with van der Waals surface area (Å²) in [6.07, 6.45) is 3.92. The highest BCUT2D eigenvalue weighted by Crippen LogP contribution is 2.21.